The van der Waals surface area contributed by atoms with Gasteiger partial charge in [0.1, 0.15) is 17.7 Å². The Balaban J connectivity index is 1.04. The van der Waals surface area contributed by atoms with Gasteiger partial charge in [-0.1, -0.05) is 32.0 Å². The third kappa shape index (κ3) is 6.04. The Morgan fingerprint density at radius 3 is 2.64 bits per heavy atom. The Morgan fingerprint density at radius 1 is 0.923 bits per heavy atom. The van der Waals surface area contributed by atoms with Crippen molar-refractivity contribution in [2.45, 2.75) is 38.8 Å². The maximum Gasteiger partial charge on any atom is 0.154 e. The molecule has 0 bridgehead atoms. The van der Waals surface area contributed by atoms with Gasteiger partial charge in [-0.25, -0.2) is 4.98 Å². The molecule has 1 aliphatic rings. The zero-order valence-electron chi connectivity index (χ0n) is 22.2. The Kier molecular flexibility index (Phi) is 7.14. The van der Waals surface area contributed by atoms with Gasteiger partial charge >= 0.3 is 0 Å². The average Bonchev–Trinajstić information content (AvgIpc) is 3.41. The SMILES string of the molecule is CC(C)c1cnnc(Nc2ccc3ncc(-c4cnn(CCCN5CC(Oc6ccccc6)C5)c4)cc3n2)c1. The van der Waals surface area contributed by atoms with Crippen molar-refractivity contribution in [1.29, 1.82) is 0 Å². The maximum atomic E-state index is 6.00. The summed E-state index contributed by atoms with van der Waals surface area (Å²) in [6.07, 6.45) is 8.96. The first kappa shape index (κ1) is 24.9. The van der Waals surface area contributed by atoms with Crippen LogP contribution < -0.4 is 10.1 Å². The number of fused-ring (bicyclic) bond motifs is 1. The molecule has 1 aliphatic heterocycles. The zero-order chi connectivity index (χ0) is 26.6. The topological polar surface area (TPSA) is 93.9 Å². The zero-order valence-corrected chi connectivity index (χ0v) is 22.2. The normalized spacial score (nSPS) is 14.0. The molecule has 39 heavy (non-hydrogen) atoms. The quantitative estimate of drug-likeness (QED) is 0.265. The summed E-state index contributed by atoms with van der Waals surface area (Å²) in [5.74, 6) is 2.70. The molecule has 0 unspecified atom stereocenters. The van der Waals surface area contributed by atoms with Crippen molar-refractivity contribution in [2.75, 3.05) is 25.0 Å². The van der Waals surface area contributed by atoms with Crippen LogP contribution in [0.1, 0.15) is 31.7 Å². The van der Waals surface area contributed by atoms with Crippen molar-refractivity contribution in [3.05, 3.63) is 84.9 Å². The van der Waals surface area contributed by atoms with E-state index in [1.54, 1.807) is 6.20 Å². The number of aryl methyl sites for hydroxylation is 1. The molecule has 1 saturated heterocycles. The van der Waals surface area contributed by atoms with Crippen LogP contribution in [0.4, 0.5) is 11.6 Å². The fourth-order valence-corrected chi connectivity index (χ4v) is 4.69. The molecule has 0 saturated carbocycles. The van der Waals surface area contributed by atoms with Crippen molar-refractivity contribution in [3.63, 3.8) is 0 Å². The second-order valence-electron chi connectivity index (χ2n) is 10.3. The molecule has 9 nitrogen and oxygen atoms in total. The van der Waals surface area contributed by atoms with Crippen LogP contribution in [0.2, 0.25) is 0 Å². The summed E-state index contributed by atoms with van der Waals surface area (Å²) in [5, 5.41) is 16.1. The molecule has 0 radical (unpaired) electrons. The molecule has 4 aromatic heterocycles. The molecule has 6 rings (SSSR count). The van der Waals surface area contributed by atoms with Gasteiger partial charge in [-0.15, -0.1) is 5.10 Å². The molecule has 1 fully saturated rings. The summed E-state index contributed by atoms with van der Waals surface area (Å²) >= 11 is 0. The fourth-order valence-electron chi connectivity index (χ4n) is 4.69. The van der Waals surface area contributed by atoms with Crippen molar-refractivity contribution >= 4 is 22.7 Å². The summed E-state index contributed by atoms with van der Waals surface area (Å²) in [4.78, 5) is 11.8. The summed E-state index contributed by atoms with van der Waals surface area (Å²) < 4.78 is 8.00. The number of para-hydroxylation sites is 1. The summed E-state index contributed by atoms with van der Waals surface area (Å²) in [5.41, 5.74) is 4.79. The number of hydrogen-bond donors (Lipinski definition) is 1. The van der Waals surface area contributed by atoms with Crippen LogP contribution in [0.3, 0.4) is 0 Å². The molecule has 5 aromatic rings. The van der Waals surface area contributed by atoms with E-state index in [0.29, 0.717) is 17.6 Å². The van der Waals surface area contributed by atoms with Gasteiger partial charge in [-0.05, 0) is 54.3 Å². The fraction of sp³-hybridized carbons (Fsp3) is 0.300. The smallest absolute Gasteiger partial charge is 0.154 e. The lowest BCUT2D eigenvalue weighted by Crippen LogP contribution is -2.53. The number of aromatic nitrogens is 6. The number of rotatable bonds is 10. The molecule has 0 amide bonds. The van der Waals surface area contributed by atoms with Gasteiger partial charge in [0, 0.05) is 49.7 Å². The van der Waals surface area contributed by atoms with Crippen LogP contribution in [-0.4, -0.2) is 60.6 Å². The third-order valence-corrected chi connectivity index (χ3v) is 6.93. The number of ether oxygens (including phenoxy) is 1. The van der Waals surface area contributed by atoms with Crippen LogP contribution in [0.5, 0.6) is 5.75 Å². The summed E-state index contributed by atoms with van der Waals surface area (Å²) in [6.45, 7) is 8.11. The minimum Gasteiger partial charge on any atom is -0.488 e. The monoisotopic (exact) mass is 520 g/mol. The number of anilines is 2. The Hall–Kier alpha value is -4.37. The van der Waals surface area contributed by atoms with E-state index < -0.39 is 0 Å². The average molecular weight is 521 g/mol. The molecular formula is C30H32N8O. The molecule has 5 heterocycles. The van der Waals surface area contributed by atoms with Crippen molar-refractivity contribution in [2.24, 2.45) is 0 Å². The first-order valence-corrected chi connectivity index (χ1v) is 13.4. The standard InChI is InChI=1S/C30H32N8O/c1-21(2)22-14-30(36-32-16-22)35-29-10-9-27-28(34-29)13-23(15-31-27)24-17-33-38(18-24)12-6-11-37-19-26(20-37)39-25-7-4-3-5-8-25/h3-5,7-10,13-18,21,26H,6,11-12,19-20H2,1-2H3,(H,34,35,36). The lowest BCUT2D eigenvalue weighted by molar-refractivity contribution is 0.0186. The third-order valence-electron chi connectivity index (χ3n) is 6.93. The predicted octanol–water partition coefficient (Wildman–Crippen LogP) is 5.30. The highest BCUT2D eigenvalue weighted by atomic mass is 16.5. The minimum atomic E-state index is 0.284. The van der Waals surface area contributed by atoms with Crippen LogP contribution in [0.25, 0.3) is 22.2 Å². The van der Waals surface area contributed by atoms with Gasteiger partial charge < -0.3 is 10.1 Å². The second kappa shape index (κ2) is 11.2. The highest BCUT2D eigenvalue weighted by molar-refractivity contribution is 5.81. The molecule has 0 spiro atoms. The van der Waals surface area contributed by atoms with Crippen molar-refractivity contribution in [3.8, 4) is 16.9 Å². The Labute approximate surface area is 227 Å². The lowest BCUT2D eigenvalue weighted by Gasteiger charge is -2.39. The molecule has 1 N–H and O–H groups in total. The largest absolute Gasteiger partial charge is 0.488 e. The molecule has 0 aliphatic carbocycles. The lowest BCUT2D eigenvalue weighted by atomic mass is 10.1. The van der Waals surface area contributed by atoms with Crippen molar-refractivity contribution < 1.29 is 4.74 Å². The summed E-state index contributed by atoms with van der Waals surface area (Å²) in [6, 6.07) is 18.0. The first-order valence-electron chi connectivity index (χ1n) is 13.4. The first-order chi connectivity index (χ1) is 19.1. The highest BCUT2D eigenvalue weighted by Gasteiger charge is 2.27. The van der Waals surface area contributed by atoms with Gasteiger partial charge in [0.25, 0.3) is 0 Å². The van der Waals surface area contributed by atoms with Gasteiger partial charge in [0.05, 0.1) is 23.4 Å². The Morgan fingerprint density at radius 2 is 1.79 bits per heavy atom. The van der Waals surface area contributed by atoms with Gasteiger partial charge in [-0.3, -0.25) is 14.6 Å². The number of likely N-dealkylation sites (tertiary alicyclic amines) is 1. The molecule has 1 aromatic carbocycles. The van der Waals surface area contributed by atoms with Crippen LogP contribution in [0.15, 0.2) is 79.4 Å². The summed E-state index contributed by atoms with van der Waals surface area (Å²) in [7, 11) is 0. The van der Waals surface area contributed by atoms with Gasteiger partial charge in [0.15, 0.2) is 5.82 Å². The molecule has 0 atom stereocenters. The number of nitrogens with zero attached hydrogens (tertiary/aromatic N) is 7. The van der Waals surface area contributed by atoms with E-state index in [1.165, 1.54) is 0 Å². The van der Waals surface area contributed by atoms with Crippen LogP contribution in [0, 0.1) is 0 Å². The highest BCUT2D eigenvalue weighted by Crippen LogP contribution is 2.24. The van der Waals surface area contributed by atoms with E-state index in [-0.39, 0.29) is 6.10 Å². The minimum absolute atomic E-state index is 0.284. The van der Waals surface area contributed by atoms with E-state index in [2.05, 4.69) is 56.6 Å². The van der Waals surface area contributed by atoms with Crippen LogP contribution >= 0.6 is 0 Å². The van der Waals surface area contributed by atoms with E-state index in [9.17, 15) is 0 Å². The van der Waals surface area contributed by atoms with E-state index >= 15 is 0 Å². The number of hydrogen-bond acceptors (Lipinski definition) is 8. The van der Waals surface area contributed by atoms with Gasteiger partial charge in [0.2, 0.25) is 0 Å². The molecule has 9 heteroatoms. The predicted molar refractivity (Wildman–Crippen MR) is 152 cm³/mol. The number of pyridine rings is 2. The maximum absolute atomic E-state index is 6.00. The molecular weight excluding hydrogens is 488 g/mol. The Bertz CT molecular complexity index is 1550. The van der Waals surface area contributed by atoms with E-state index in [1.807, 2.05) is 65.6 Å². The number of nitrogens with one attached hydrogen (secondary N) is 1. The molecule has 198 valence electrons. The number of benzene rings is 1. The van der Waals surface area contributed by atoms with Crippen molar-refractivity contribution in [1.82, 2.24) is 34.8 Å². The second-order valence-corrected chi connectivity index (χ2v) is 10.3. The van der Waals surface area contributed by atoms with Crippen LogP contribution in [-0.2, 0) is 6.54 Å². The van der Waals surface area contributed by atoms with Gasteiger partial charge in [-0.2, -0.15) is 10.2 Å². The van der Waals surface area contributed by atoms with E-state index in [4.69, 9.17) is 9.72 Å². The van der Waals surface area contributed by atoms with E-state index in [0.717, 1.165) is 66.1 Å².